The third-order valence-corrected chi connectivity index (χ3v) is 4.17. The molecule has 0 saturated heterocycles. The van der Waals surface area contributed by atoms with E-state index in [0.717, 1.165) is 0 Å². The molecule has 8 nitrogen and oxygen atoms in total. The van der Waals surface area contributed by atoms with Crippen LogP contribution in [0.25, 0.3) is 0 Å². The van der Waals surface area contributed by atoms with Crippen LogP contribution in [0.1, 0.15) is 17.9 Å². The third-order valence-electron chi connectivity index (χ3n) is 3.95. The molecule has 0 spiro atoms. The molecule has 3 unspecified atom stereocenters. The highest BCUT2D eigenvalue weighted by Gasteiger charge is 2.50. The lowest BCUT2D eigenvalue weighted by Gasteiger charge is -2.32. The maximum atomic E-state index is 12.4. The average Bonchev–Trinajstić information content (AvgIpc) is 2.58. The van der Waals surface area contributed by atoms with Gasteiger partial charge in [-0.15, -0.1) is 0 Å². The van der Waals surface area contributed by atoms with E-state index in [-0.39, 0.29) is 29.5 Å². The van der Waals surface area contributed by atoms with Crippen LogP contribution in [0, 0.1) is 10.1 Å². The van der Waals surface area contributed by atoms with Gasteiger partial charge < -0.3 is 14.6 Å². The van der Waals surface area contributed by atoms with Crippen molar-refractivity contribution in [3.05, 3.63) is 63.1 Å². The number of methoxy groups -OCH3 is 1. The molecule has 2 rings (SSSR count). The Bertz CT molecular complexity index is 703. The molecule has 1 heterocycles. The van der Waals surface area contributed by atoms with Crippen LogP contribution in [0.15, 0.2) is 42.3 Å². The Morgan fingerprint density at radius 3 is 2.84 bits per heavy atom. The Morgan fingerprint density at radius 2 is 2.32 bits per heavy atom. The van der Waals surface area contributed by atoms with E-state index in [1.54, 1.807) is 0 Å². The van der Waals surface area contributed by atoms with Gasteiger partial charge in [0.1, 0.15) is 23.6 Å². The van der Waals surface area contributed by atoms with E-state index < -0.39 is 29.0 Å². The quantitative estimate of drug-likeness (QED) is 0.270. The Balaban J connectivity index is 2.58. The number of ether oxygens (including phenoxy) is 2. The molecule has 0 radical (unpaired) electrons. The van der Waals surface area contributed by atoms with Crippen LogP contribution < -0.4 is 0 Å². The van der Waals surface area contributed by atoms with Gasteiger partial charge in [0, 0.05) is 24.7 Å². The van der Waals surface area contributed by atoms with Crippen LogP contribution in [0.2, 0.25) is 5.15 Å². The highest BCUT2D eigenvalue weighted by atomic mass is 35.5. The number of hydrogen-bond acceptors (Lipinski definition) is 7. The van der Waals surface area contributed by atoms with Gasteiger partial charge >= 0.3 is 5.97 Å². The lowest BCUT2D eigenvalue weighted by atomic mass is 9.77. The van der Waals surface area contributed by atoms with Crippen molar-refractivity contribution >= 4 is 17.6 Å². The number of aromatic nitrogens is 1. The van der Waals surface area contributed by atoms with E-state index in [4.69, 9.17) is 21.1 Å². The van der Waals surface area contributed by atoms with Crippen molar-refractivity contribution in [2.75, 3.05) is 13.7 Å². The van der Waals surface area contributed by atoms with Crippen LogP contribution in [-0.2, 0) is 14.3 Å². The number of carbonyl (C=O) groups excluding carboxylic acids is 1. The van der Waals surface area contributed by atoms with Crippen molar-refractivity contribution in [1.29, 1.82) is 0 Å². The van der Waals surface area contributed by atoms with Crippen LogP contribution in [0.3, 0.4) is 0 Å². The number of nitrogens with zero attached hydrogens (tertiary/aromatic N) is 2. The second-order valence-electron chi connectivity index (χ2n) is 5.39. The summed E-state index contributed by atoms with van der Waals surface area (Å²) in [6, 6.07) is 1.67. The number of pyridine rings is 1. The molecule has 0 aromatic carbocycles. The molecule has 1 aromatic heterocycles. The van der Waals surface area contributed by atoms with Crippen LogP contribution in [-0.4, -0.2) is 46.8 Å². The molecule has 1 aliphatic rings. The minimum Gasteiger partial charge on any atom is -0.512 e. The molecule has 1 N–H and O–H groups in total. The molecule has 0 fully saturated rings. The van der Waals surface area contributed by atoms with Gasteiger partial charge in [0.05, 0.1) is 11.5 Å². The number of rotatable bonds is 6. The molecule has 1 aliphatic carbocycles. The fraction of sp³-hybridized carbons (Fsp3) is 0.375. The van der Waals surface area contributed by atoms with Crippen molar-refractivity contribution < 1.29 is 24.3 Å². The first-order valence-electron chi connectivity index (χ1n) is 7.38. The number of nitro groups is 1. The van der Waals surface area contributed by atoms with Crippen LogP contribution >= 0.6 is 11.6 Å². The molecule has 3 atom stereocenters. The van der Waals surface area contributed by atoms with Gasteiger partial charge in [-0.05, 0) is 11.6 Å². The van der Waals surface area contributed by atoms with Crippen LogP contribution in [0.5, 0.6) is 0 Å². The lowest BCUT2D eigenvalue weighted by Crippen LogP contribution is -2.46. The normalized spacial score (nSPS) is 23.2. The molecule has 25 heavy (non-hydrogen) atoms. The summed E-state index contributed by atoms with van der Waals surface area (Å²) in [4.78, 5) is 27.4. The first kappa shape index (κ1) is 18.9. The van der Waals surface area contributed by atoms with E-state index in [1.807, 2.05) is 0 Å². The standard InChI is InChI=1S/C16H17ClN2O6/c1-3-6-25-16(21)14-10(20)7-11(24-2)15(19(22)23)13(14)9-4-5-12(17)18-8-9/h3-5,8,11,13,15,20H,1,6-7H2,2H3. The van der Waals surface area contributed by atoms with E-state index in [2.05, 4.69) is 11.6 Å². The molecular formula is C16H17ClN2O6. The van der Waals surface area contributed by atoms with Crippen molar-refractivity contribution in [1.82, 2.24) is 4.98 Å². The van der Waals surface area contributed by atoms with Crippen molar-refractivity contribution in [3.8, 4) is 0 Å². The zero-order valence-corrected chi connectivity index (χ0v) is 14.2. The smallest absolute Gasteiger partial charge is 0.338 e. The predicted octanol–water partition coefficient (Wildman–Crippen LogP) is 2.42. The van der Waals surface area contributed by atoms with Gasteiger partial charge in [-0.2, -0.15) is 0 Å². The Hall–Kier alpha value is -2.45. The number of carbonyl (C=O) groups is 1. The average molecular weight is 369 g/mol. The molecular weight excluding hydrogens is 352 g/mol. The fourth-order valence-corrected chi connectivity index (χ4v) is 2.97. The summed E-state index contributed by atoms with van der Waals surface area (Å²) in [5.74, 6) is -2.24. The zero-order chi connectivity index (χ0) is 18.6. The first-order chi connectivity index (χ1) is 11.9. The van der Waals surface area contributed by atoms with Gasteiger partial charge in [0.15, 0.2) is 0 Å². The second kappa shape index (κ2) is 8.09. The van der Waals surface area contributed by atoms with Gasteiger partial charge in [0.2, 0.25) is 6.04 Å². The number of halogens is 1. The highest BCUT2D eigenvalue weighted by Crippen LogP contribution is 2.40. The van der Waals surface area contributed by atoms with Crippen molar-refractivity contribution in [3.63, 3.8) is 0 Å². The molecule has 0 amide bonds. The summed E-state index contributed by atoms with van der Waals surface area (Å²) in [6.45, 7) is 3.36. The minimum atomic E-state index is -1.30. The molecule has 0 saturated carbocycles. The van der Waals surface area contributed by atoms with Gasteiger partial charge in [-0.3, -0.25) is 10.1 Å². The number of hydrogen-bond donors (Lipinski definition) is 1. The van der Waals surface area contributed by atoms with Crippen LogP contribution in [0.4, 0.5) is 0 Å². The van der Waals surface area contributed by atoms with E-state index in [9.17, 15) is 20.0 Å². The molecule has 9 heteroatoms. The van der Waals surface area contributed by atoms with E-state index in [1.165, 1.54) is 31.5 Å². The Labute approximate surface area is 148 Å². The van der Waals surface area contributed by atoms with Crippen molar-refractivity contribution in [2.45, 2.75) is 24.5 Å². The number of esters is 1. The molecule has 0 aliphatic heterocycles. The highest BCUT2D eigenvalue weighted by molar-refractivity contribution is 6.29. The summed E-state index contributed by atoms with van der Waals surface area (Å²) >= 11 is 5.77. The maximum absolute atomic E-state index is 12.4. The largest absolute Gasteiger partial charge is 0.512 e. The zero-order valence-electron chi connectivity index (χ0n) is 13.4. The van der Waals surface area contributed by atoms with Gasteiger partial charge in [-0.25, -0.2) is 9.78 Å². The topological polar surface area (TPSA) is 112 Å². The summed E-state index contributed by atoms with van der Waals surface area (Å²) < 4.78 is 10.2. The Kier molecular flexibility index (Phi) is 6.11. The fourth-order valence-electron chi connectivity index (χ4n) is 2.86. The summed E-state index contributed by atoms with van der Waals surface area (Å²) in [5, 5.41) is 22.2. The lowest BCUT2D eigenvalue weighted by molar-refractivity contribution is -0.538. The van der Waals surface area contributed by atoms with E-state index >= 15 is 0 Å². The number of aliphatic hydroxyl groups is 1. The SMILES string of the molecule is C=CCOC(=O)C1=C(O)CC(OC)C([N+](=O)[O-])C1c1ccc(Cl)nc1. The first-order valence-corrected chi connectivity index (χ1v) is 7.76. The van der Waals surface area contributed by atoms with E-state index in [0.29, 0.717) is 5.56 Å². The number of aliphatic hydroxyl groups excluding tert-OH is 1. The van der Waals surface area contributed by atoms with Crippen molar-refractivity contribution in [2.24, 2.45) is 0 Å². The molecule has 134 valence electrons. The third kappa shape index (κ3) is 3.97. The minimum absolute atomic E-state index is 0.0853. The molecule has 1 aromatic rings. The second-order valence-corrected chi connectivity index (χ2v) is 5.78. The summed E-state index contributed by atoms with van der Waals surface area (Å²) in [7, 11) is 1.31. The summed E-state index contributed by atoms with van der Waals surface area (Å²) in [6.07, 6.45) is 1.61. The summed E-state index contributed by atoms with van der Waals surface area (Å²) in [5.41, 5.74) is 0.172. The van der Waals surface area contributed by atoms with Gasteiger partial charge in [0.25, 0.3) is 0 Å². The molecule has 0 bridgehead atoms. The monoisotopic (exact) mass is 368 g/mol. The maximum Gasteiger partial charge on any atom is 0.338 e. The predicted molar refractivity (Wildman–Crippen MR) is 89.0 cm³/mol. The van der Waals surface area contributed by atoms with Gasteiger partial charge in [-0.1, -0.05) is 30.3 Å². The Morgan fingerprint density at radius 1 is 1.60 bits per heavy atom.